The Morgan fingerprint density at radius 3 is 2.33 bits per heavy atom. The number of aliphatic hydroxyl groups is 1. The predicted molar refractivity (Wildman–Crippen MR) is 62.8 cm³/mol. The first-order valence-electron chi connectivity index (χ1n) is 5.67. The minimum absolute atomic E-state index is 0.0903. The highest BCUT2D eigenvalue weighted by Gasteiger charge is 2.53. The first-order chi connectivity index (χ1) is 6.87. The Morgan fingerprint density at radius 2 is 1.87 bits per heavy atom. The lowest BCUT2D eigenvalue weighted by Gasteiger charge is -2.32. The molecule has 2 rings (SSSR count). The Morgan fingerprint density at radius 1 is 1.27 bits per heavy atom. The minimum Gasteiger partial charge on any atom is -0.385 e. The first-order valence-corrected chi connectivity index (χ1v) is 5.67. The van der Waals surface area contributed by atoms with E-state index in [0.717, 1.165) is 18.4 Å². The van der Waals surface area contributed by atoms with Crippen LogP contribution in [-0.2, 0) is 5.60 Å². The Bertz CT molecular complexity index is 386. The topological polar surface area (TPSA) is 20.2 Å². The number of aryl methyl sites for hydroxylation is 2. The molecular formula is C14H20O. The van der Waals surface area contributed by atoms with Crippen molar-refractivity contribution in [2.24, 2.45) is 5.41 Å². The molecule has 0 spiro atoms. The molecule has 1 aromatic rings. The molecule has 1 unspecified atom stereocenters. The second-order valence-corrected chi connectivity index (χ2v) is 5.45. The molecule has 1 aliphatic rings. The van der Waals surface area contributed by atoms with E-state index in [2.05, 4.69) is 39.0 Å². The van der Waals surface area contributed by atoms with Gasteiger partial charge in [-0.3, -0.25) is 0 Å². The molecule has 1 atom stereocenters. The van der Waals surface area contributed by atoms with Crippen molar-refractivity contribution in [3.8, 4) is 0 Å². The van der Waals surface area contributed by atoms with Crippen molar-refractivity contribution in [2.75, 3.05) is 0 Å². The summed E-state index contributed by atoms with van der Waals surface area (Å²) in [6.45, 7) is 8.30. The zero-order chi connectivity index (χ0) is 11.3. The van der Waals surface area contributed by atoms with E-state index >= 15 is 0 Å². The highest BCUT2D eigenvalue weighted by molar-refractivity contribution is 5.36. The van der Waals surface area contributed by atoms with Gasteiger partial charge in [0.1, 0.15) is 0 Å². The Kier molecular flexibility index (Phi) is 2.20. The van der Waals surface area contributed by atoms with E-state index < -0.39 is 5.60 Å². The average molecular weight is 204 g/mol. The fourth-order valence-electron chi connectivity index (χ4n) is 2.36. The molecule has 82 valence electrons. The molecule has 0 bridgehead atoms. The van der Waals surface area contributed by atoms with E-state index in [1.54, 1.807) is 0 Å². The van der Waals surface area contributed by atoms with Crippen LogP contribution in [0.15, 0.2) is 18.2 Å². The van der Waals surface area contributed by atoms with Crippen molar-refractivity contribution < 1.29 is 5.11 Å². The second-order valence-electron chi connectivity index (χ2n) is 5.45. The van der Waals surface area contributed by atoms with E-state index in [1.165, 1.54) is 11.1 Å². The standard InChI is InChI=1S/C14H20O/c1-10-5-6-12(11(2)9-10)14(4,15)13(3)7-8-13/h5-6,9,15H,7-8H2,1-4H3. The van der Waals surface area contributed by atoms with Crippen LogP contribution in [0.25, 0.3) is 0 Å². The lowest BCUT2D eigenvalue weighted by molar-refractivity contribution is -0.0132. The largest absolute Gasteiger partial charge is 0.385 e. The van der Waals surface area contributed by atoms with Crippen molar-refractivity contribution >= 4 is 0 Å². The van der Waals surface area contributed by atoms with Gasteiger partial charge in [-0.2, -0.15) is 0 Å². The molecule has 0 saturated heterocycles. The minimum atomic E-state index is -0.676. The predicted octanol–water partition coefficient (Wildman–Crippen LogP) is 3.31. The van der Waals surface area contributed by atoms with Gasteiger partial charge in [0.2, 0.25) is 0 Å². The quantitative estimate of drug-likeness (QED) is 0.783. The second kappa shape index (κ2) is 3.08. The SMILES string of the molecule is Cc1ccc(C(C)(O)C2(C)CC2)c(C)c1. The molecule has 1 N–H and O–H groups in total. The van der Waals surface area contributed by atoms with Crippen LogP contribution in [0, 0.1) is 19.3 Å². The maximum atomic E-state index is 10.7. The number of hydrogen-bond donors (Lipinski definition) is 1. The van der Waals surface area contributed by atoms with Gasteiger partial charge in [-0.15, -0.1) is 0 Å². The molecule has 0 amide bonds. The number of benzene rings is 1. The number of hydrogen-bond acceptors (Lipinski definition) is 1. The van der Waals surface area contributed by atoms with Crippen molar-refractivity contribution in [3.05, 3.63) is 34.9 Å². The molecule has 0 radical (unpaired) electrons. The summed E-state index contributed by atoms with van der Waals surface area (Å²) in [5.41, 5.74) is 2.96. The van der Waals surface area contributed by atoms with Gasteiger partial charge in [0.15, 0.2) is 0 Å². The lowest BCUT2D eigenvalue weighted by Crippen LogP contribution is -2.32. The van der Waals surface area contributed by atoms with Gasteiger partial charge in [-0.25, -0.2) is 0 Å². The zero-order valence-electron chi connectivity index (χ0n) is 10.1. The van der Waals surface area contributed by atoms with Crippen LogP contribution >= 0.6 is 0 Å². The van der Waals surface area contributed by atoms with Gasteiger partial charge in [0.05, 0.1) is 5.60 Å². The molecule has 15 heavy (non-hydrogen) atoms. The molecule has 1 fully saturated rings. The van der Waals surface area contributed by atoms with Gasteiger partial charge in [-0.1, -0.05) is 30.7 Å². The molecule has 1 saturated carbocycles. The molecule has 1 heteroatoms. The molecule has 0 aromatic heterocycles. The summed E-state index contributed by atoms with van der Waals surface area (Å²) in [5, 5.41) is 10.7. The van der Waals surface area contributed by atoms with E-state index in [-0.39, 0.29) is 5.41 Å². The van der Waals surface area contributed by atoms with Crippen LogP contribution in [0.5, 0.6) is 0 Å². The van der Waals surface area contributed by atoms with Gasteiger partial charge < -0.3 is 5.11 Å². The van der Waals surface area contributed by atoms with Crippen LogP contribution in [0.3, 0.4) is 0 Å². The highest BCUT2D eigenvalue weighted by Crippen LogP contribution is 2.58. The van der Waals surface area contributed by atoms with Crippen LogP contribution in [0.2, 0.25) is 0 Å². The van der Waals surface area contributed by atoms with Crippen LogP contribution < -0.4 is 0 Å². The first kappa shape index (κ1) is 10.7. The van der Waals surface area contributed by atoms with Gasteiger partial charge in [0.25, 0.3) is 0 Å². The van der Waals surface area contributed by atoms with Crippen molar-refractivity contribution in [3.63, 3.8) is 0 Å². The maximum absolute atomic E-state index is 10.7. The van der Waals surface area contributed by atoms with Crippen LogP contribution in [-0.4, -0.2) is 5.11 Å². The third-order valence-corrected chi connectivity index (χ3v) is 4.08. The van der Waals surface area contributed by atoms with Crippen LogP contribution in [0.1, 0.15) is 43.4 Å². The van der Waals surface area contributed by atoms with Crippen LogP contribution in [0.4, 0.5) is 0 Å². The van der Waals surface area contributed by atoms with Crippen molar-refractivity contribution in [2.45, 2.75) is 46.1 Å². The summed E-state index contributed by atoms with van der Waals surface area (Å²) in [4.78, 5) is 0. The molecule has 0 aliphatic heterocycles. The average Bonchev–Trinajstić information content (AvgIpc) is 2.84. The molecule has 1 aromatic carbocycles. The third kappa shape index (κ3) is 1.59. The summed E-state index contributed by atoms with van der Waals surface area (Å²) in [7, 11) is 0. The Hall–Kier alpha value is -0.820. The fraction of sp³-hybridized carbons (Fsp3) is 0.571. The zero-order valence-corrected chi connectivity index (χ0v) is 10.1. The monoisotopic (exact) mass is 204 g/mol. The van der Waals surface area contributed by atoms with E-state index in [9.17, 15) is 5.11 Å². The smallest absolute Gasteiger partial charge is 0.0924 e. The van der Waals surface area contributed by atoms with Crippen molar-refractivity contribution in [1.82, 2.24) is 0 Å². The summed E-state index contributed by atoms with van der Waals surface area (Å²) < 4.78 is 0. The number of rotatable bonds is 2. The Balaban J connectivity index is 2.45. The molecular weight excluding hydrogens is 184 g/mol. The normalized spacial score (nSPS) is 22.2. The van der Waals surface area contributed by atoms with E-state index in [4.69, 9.17) is 0 Å². The molecule has 1 aliphatic carbocycles. The van der Waals surface area contributed by atoms with E-state index in [0.29, 0.717) is 0 Å². The van der Waals surface area contributed by atoms with Gasteiger partial charge >= 0.3 is 0 Å². The third-order valence-electron chi connectivity index (χ3n) is 4.08. The van der Waals surface area contributed by atoms with Gasteiger partial charge in [-0.05, 0) is 44.7 Å². The Labute approximate surface area is 92.1 Å². The highest BCUT2D eigenvalue weighted by atomic mass is 16.3. The summed E-state index contributed by atoms with van der Waals surface area (Å²) >= 11 is 0. The molecule has 0 heterocycles. The summed E-state index contributed by atoms with van der Waals surface area (Å²) in [6, 6.07) is 6.31. The van der Waals surface area contributed by atoms with E-state index in [1.807, 2.05) is 6.92 Å². The molecule has 1 nitrogen and oxygen atoms in total. The lowest BCUT2D eigenvalue weighted by atomic mass is 9.79. The summed E-state index contributed by atoms with van der Waals surface area (Å²) in [6.07, 6.45) is 2.26. The maximum Gasteiger partial charge on any atom is 0.0924 e. The van der Waals surface area contributed by atoms with Gasteiger partial charge in [0, 0.05) is 5.41 Å². The van der Waals surface area contributed by atoms with Crippen molar-refractivity contribution in [1.29, 1.82) is 0 Å². The fourth-order valence-corrected chi connectivity index (χ4v) is 2.36. The summed E-state index contributed by atoms with van der Waals surface area (Å²) in [5.74, 6) is 0.